The maximum absolute atomic E-state index is 14.0. The summed E-state index contributed by atoms with van der Waals surface area (Å²) in [5, 5.41) is 6.40. The van der Waals surface area contributed by atoms with Crippen LogP contribution in [-0.2, 0) is 16.0 Å². The number of piperidine rings is 1. The molecule has 0 radical (unpaired) electrons. The van der Waals surface area contributed by atoms with Crippen LogP contribution < -0.4 is 15.4 Å². The Balaban J connectivity index is 1.27. The van der Waals surface area contributed by atoms with E-state index in [1.54, 1.807) is 30.3 Å². The third kappa shape index (κ3) is 7.10. The van der Waals surface area contributed by atoms with Crippen LogP contribution in [0.15, 0.2) is 60.7 Å². The van der Waals surface area contributed by atoms with Crippen LogP contribution in [0, 0.1) is 25.6 Å². The quantitative estimate of drug-likeness (QED) is 0.340. The van der Waals surface area contributed by atoms with Gasteiger partial charge in [-0.15, -0.1) is 0 Å². The van der Waals surface area contributed by atoms with Gasteiger partial charge in [0.15, 0.2) is 0 Å². The summed E-state index contributed by atoms with van der Waals surface area (Å²) in [5.41, 5.74) is 3.71. The number of para-hydroxylation sites is 1. The molecule has 3 aromatic carbocycles. The molecular formula is C35H41FN4O4. The van der Waals surface area contributed by atoms with Crippen molar-refractivity contribution >= 4 is 23.4 Å². The molecule has 3 aromatic rings. The van der Waals surface area contributed by atoms with E-state index in [0.717, 1.165) is 48.2 Å². The number of nitrogens with zero attached hydrogens (tertiary/aromatic N) is 2. The molecule has 0 aliphatic carbocycles. The van der Waals surface area contributed by atoms with Gasteiger partial charge in [-0.05, 0) is 92.6 Å². The molecule has 44 heavy (non-hydrogen) atoms. The van der Waals surface area contributed by atoms with Crippen LogP contribution in [0.3, 0.4) is 0 Å². The van der Waals surface area contributed by atoms with E-state index in [4.69, 9.17) is 4.74 Å². The molecule has 0 aromatic heterocycles. The predicted octanol–water partition coefficient (Wildman–Crippen LogP) is 5.48. The van der Waals surface area contributed by atoms with Crippen molar-refractivity contribution in [2.45, 2.75) is 59.0 Å². The van der Waals surface area contributed by atoms with Gasteiger partial charge in [0, 0.05) is 19.1 Å². The number of carbonyl (C=O) groups is 3. The average molecular weight is 601 g/mol. The monoisotopic (exact) mass is 600 g/mol. The van der Waals surface area contributed by atoms with Gasteiger partial charge in [0.25, 0.3) is 5.91 Å². The Kier molecular flexibility index (Phi) is 9.64. The lowest BCUT2D eigenvalue weighted by atomic mass is 9.97. The normalized spacial score (nSPS) is 16.4. The second-order valence-corrected chi connectivity index (χ2v) is 12.1. The van der Waals surface area contributed by atoms with Crippen LogP contribution in [-0.4, -0.2) is 65.8 Å². The predicted molar refractivity (Wildman–Crippen MR) is 168 cm³/mol. The van der Waals surface area contributed by atoms with Crippen molar-refractivity contribution in [1.29, 1.82) is 0 Å². The highest BCUT2D eigenvalue weighted by molar-refractivity contribution is 6.10. The number of fused-ring (bicyclic) bond motifs is 1. The molecule has 5 rings (SSSR count). The van der Waals surface area contributed by atoms with Crippen LogP contribution in [0.2, 0.25) is 0 Å². The summed E-state index contributed by atoms with van der Waals surface area (Å²) in [6.45, 7) is 9.42. The number of carbonyl (C=O) groups excluding carboxylic acids is 3. The van der Waals surface area contributed by atoms with Gasteiger partial charge in [0.1, 0.15) is 29.9 Å². The van der Waals surface area contributed by atoms with E-state index in [-0.39, 0.29) is 42.0 Å². The minimum absolute atomic E-state index is 0.141. The van der Waals surface area contributed by atoms with Crippen LogP contribution in [0.5, 0.6) is 11.5 Å². The van der Waals surface area contributed by atoms with Crippen LogP contribution in [0.1, 0.15) is 53.7 Å². The fraction of sp³-hybridized carbons (Fsp3) is 0.400. The fourth-order valence-corrected chi connectivity index (χ4v) is 6.09. The number of likely N-dealkylation sites (tertiary alicyclic amines) is 1. The SMILES string of the molecule is Cc1cccc(C)c1Oc1ccc2c(c1)C(=O)N(C(C(=O)N1CCC(NCCc3ccc(F)cc3)CC1)C(C)C)CC(=O)N2. The fourth-order valence-electron chi connectivity index (χ4n) is 6.09. The molecule has 2 N–H and O–H groups in total. The first-order valence-corrected chi connectivity index (χ1v) is 15.4. The first-order valence-electron chi connectivity index (χ1n) is 15.4. The summed E-state index contributed by atoms with van der Waals surface area (Å²) in [6.07, 6.45) is 2.37. The van der Waals surface area contributed by atoms with E-state index in [2.05, 4.69) is 10.6 Å². The molecule has 1 unspecified atom stereocenters. The van der Waals surface area contributed by atoms with E-state index >= 15 is 0 Å². The Bertz CT molecular complexity index is 1500. The Hall–Kier alpha value is -4.24. The van der Waals surface area contributed by atoms with Crippen molar-refractivity contribution in [2.24, 2.45) is 5.92 Å². The molecule has 2 aliphatic rings. The number of halogens is 1. The van der Waals surface area contributed by atoms with Gasteiger partial charge in [-0.1, -0.05) is 44.2 Å². The molecule has 9 heteroatoms. The van der Waals surface area contributed by atoms with Crippen molar-refractivity contribution in [1.82, 2.24) is 15.1 Å². The summed E-state index contributed by atoms with van der Waals surface area (Å²) in [7, 11) is 0. The number of anilines is 1. The highest BCUT2D eigenvalue weighted by Crippen LogP contribution is 2.33. The molecule has 2 aliphatic heterocycles. The van der Waals surface area contributed by atoms with Crippen molar-refractivity contribution < 1.29 is 23.5 Å². The zero-order valence-corrected chi connectivity index (χ0v) is 25.9. The molecule has 0 spiro atoms. The maximum atomic E-state index is 14.0. The lowest BCUT2D eigenvalue weighted by Gasteiger charge is -2.39. The zero-order valence-electron chi connectivity index (χ0n) is 25.9. The van der Waals surface area contributed by atoms with E-state index in [1.165, 1.54) is 17.0 Å². The Morgan fingerprint density at radius 1 is 1.02 bits per heavy atom. The minimum Gasteiger partial charge on any atom is -0.457 e. The number of hydrogen-bond acceptors (Lipinski definition) is 5. The summed E-state index contributed by atoms with van der Waals surface area (Å²) >= 11 is 0. The molecule has 1 atom stereocenters. The van der Waals surface area contributed by atoms with E-state index in [1.807, 2.05) is 50.8 Å². The standard InChI is InChI=1S/C35H41FN4O4/c1-22(2)32(35(43)39-18-15-27(16-19-39)37-17-14-25-8-10-26(36)11-9-25)40-21-31(41)38-30-13-12-28(20-29(30)34(40)42)44-33-23(3)6-5-7-24(33)4/h5-13,20,22,27,32,37H,14-19,21H2,1-4H3,(H,38,41). The smallest absolute Gasteiger partial charge is 0.257 e. The molecule has 0 saturated carbocycles. The number of amides is 3. The van der Waals surface area contributed by atoms with E-state index in [0.29, 0.717) is 30.1 Å². The van der Waals surface area contributed by atoms with Crippen LogP contribution >= 0.6 is 0 Å². The highest BCUT2D eigenvalue weighted by atomic mass is 19.1. The van der Waals surface area contributed by atoms with Crippen molar-refractivity contribution in [3.63, 3.8) is 0 Å². The Morgan fingerprint density at radius 3 is 2.36 bits per heavy atom. The minimum atomic E-state index is -0.787. The third-order valence-corrected chi connectivity index (χ3v) is 8.49. The molecule has 3 amide bonds. The first-order chi connectivity index (χ1) is 21.1. The number of ether oxygens (including phenoxy) is 1. The summed E-state index contributed by atoms with van der Waals surface area (Å²) in [4.78, 5) is 44.2. The summed E-state index contributed by atoms with van der Waals surface area (Å²) in [5.74, 6) is -0.112. The molecule has 232 valence electrons. The van der Waals surface area contributed by atoms with Crippen LogP contribution in [0.25, 0.3) is 0 Å². The number of nitrogens with one attached hydrogen (secondary N) is 2. The third-order valence-electron chi connectivity index (χ3n) is 8.49. The van der Waals surface area contributed by atoms with E-state index in [9.17, 15) is 18.8 Å². The lowest BCUT2D eigenvalue weighted by Crippen LogP contribution is -2.56. The van der Waals surface area contributed by atoms with Crippen molar-refractivity contribution in [3.05, 3.63) is 88.7 Å². The van der Waals surface area contributed by atoms with Gasteiger partial charge in [0.2, 0.25) is 11.8 Å². The van der Waals surface area contributed by atoms with Gasteiger partial charge in [-0.2, -0.15) is 0 Å². The number of rotatable bonds is 9. The summed E-state index contributed by atoms with van der Waals surface area (Å²) in [6, 6.07) is 17.0. The lowest BCUT2D eigenvalue weighted by molar-refractivity contribution is -0.139. The van der Waals surface area contributed by atoms with E-state index < -0.39 is 6.04 Å². The molecule has 1 fully saturated rings. The molecular weight excluding hydrogens is 559 g/mol. The van der Waals surface area contributed by atoms with Gasteiger partial charge in [0.05, 0.1) is 11.3 Å². The molecule has 2 heterocycles. The largest absolute Gasteiger partial charge is 0.457 e. The number of hydrogen-bond donors (Lipinski definition) is 2. The van der Waals surface area contributed by atoms with Crippen molar-refractivity contribution in [2.75, 3.05) is 31.5 Å². The van der Waals surface area contributed by atoms with Gasteiger partial charge in [-0.25, -0.2) is 4.39 Å². The zero-order chi connectivity index (χ0) is 31.4. The van der Waals surface area contributed by atoms with Gasteiger partial charge >= 0.3 is 0 Å². The number of aryl methyl sites for hydroxylation is 2. The number of benzene rings is 3. The van der Waals surface area contributed by atoms with Crippen LogP contribution in [0.4, 0.5) is 10.1 Å². The Labute approximate surface area is 258 Å². The molecule has 8 nitrogen and oxygen atoms in total. The van der Waals surface area contributed by atoms with Crippen molar-refractivity contribution in [3.8, 4) is 11.5 Å². The Morgan fingerprint density at radius 2 is 1.70 bits per heavy atom. The maximum Gasteiger partial charge on any atom is 0.257 e. The second-order valence-electron chi connectivity index (χ2n) is 12.1. The average Bonchev–Trinajstić information content (AvgIpc) is 3.11. The molecule has 1 saturated heterocycles. The first kappa shape index (κ1) is 31.2. The highest BCUT2D eigenvalue weighted by Gasteiger charge is 2.40. The molecule has 0 bridgehead atoms. The topological polar surface area (TPSA) is 91.0 Å². The summed E-state index contributed by atoms with van der Waals surface area (Å²) < 4.78 is 19.4. The van der Waals surface area contributed by atoms with Gasteiger partial charge in [-0.3, -0.25) is 14.4 Å². The second kappa shape index (κ2) is 13.6. The van der Waals surface area contributed by atoms with Gasteiger partial charge < -0.3 is 25.2 Å².